The number of carbonyl (C=O) groups excluding carboxylic acids is 1. The van der Waals surface area contributed by atoms with Crippen LogP contribution < -0.4 is 16.0 Å². The molecule has 0 aliphatic carbocycles. The van der Waals surface area contributed by atoms with Crippen LogP contribution in [0.3, 0.4) is 0 Å². The van der Waals surface area contributed by atoms with Gasteiger partial charge in [0, 0.05) is 37.8 Å². The van der Waals surface area contributed by atoms with Crippen LogP contribution in [0, 0.1) is 0 Å². The number of anilines is 1. The van der Waals surface area contributed by atoms with Crippen molar-refractivity contribution in [2.24, 2.45) is 0 Å². The lowest BCUT2D eigenvalue weighted by Gasteiger charge is -2.30. The van der Waals surface area contributed by atoms with Gasteiger partial charge in [0.25, 0.3) is 0 Å². The number of halogens is 3. The number of rotatable bonds is 5. The largest absolute Gasteiger partial charge is 0.416 e. The van der Waals surface area contributed by atoms with Crippen LogP contribution in [0.2, 0.25) is 0 Å². The molecule has 0 bridgehead atoms. The van der Waals surface area contributed by atoms with Gasteiger partial charge in [0.2, 0.25) is 5.95 Å². The van der Waals surface area contributed by atoms with E-state index in [1.54, 1.807) is 11.1 Å². The minimum atomic E-state index is -4.38. The van der Waals surface area contributed by atoms with Crippen LogP contribution >= 0.6 is 0 Å². The van der Waals surface area contributed by atoms with Crippen LogP contribution in [0.1, 0.15) is 35.2 Å². The first-order valence-electron chi connectivity index (χ1n) is 10.9. The van der Waals surface area contributed by atoms with E-state index in [0.29, 0.717) is 38.5 Å². The minimum absolute atomic E-state index is 0.0511. The number of carbonyl (C=O) groups is 1. The van der Waals surface area contributed by atoms with Gasteiger partial charge in [-0.3, -0.25) is 0 Å². The molecule has 4 N–H and O–H groups in total. The third-order valence-electron chi connectivity index (χ3n) is 6.07. The van der Waals surface area contributed by atoms with Gasteiger partial charge in [-0.1, -0.05) is 12.1 Å². The van der Waals surface area contributed by atoms with Crippen LogP contribution in [0.15, 0.2) is 30.5 Å². The molecule has 178 valence electrons. The fourth-order valence-electron chi connectivity index (χ4n) is 4.16. The monoisotopic (exact) mass is 464 g/mol. The van der Waals surface area contributed by atoms with E-state index in [1.165, 1.54) is 12.1 Å². The molecule has 3 atom stereocenters. The molecule has 2 aliphatic heterocycles. The topological polar surface area (TPSA) is 102 Å². The number of aliphatic hydroxyl groups is 1. The van der Waals surface area contributed by atoms with E-state index in [4.69, 9.17) is 0 Å². The number of alkyl halides is 3. The van der Waals surface area contributed by atoms with Crippen molar-refractivity contribution < 1.29 is 23.1 Å². The van der Waals surface area contributed by atoms with E-state index >= 15 is 0 Å². The van der Waals surface area contributed by atoms with Crippen molar-refractivity contribution in [1.82, 2.24) is 25.5 Å². The maximum Gasteiger partial charge on any atom is 0.416 e. The summed E-state index contributed by atoms with van der Waals surface area (Å²) in [5.41, 5.74) is 1.80. The molecule has 2 aromatic rings. The highest BCUT2D eigenvalue weighted by molar-refractivity contribution is 5.75. The lowest BCUT2D eigenvalue weighted by Crippen LogP contribution is -2.48. The predicted molar refractivity (Wildman–Crippen MR) is 116 cm³/mol. The van der Waals surface area contributed by atoms with Crippen molar-refractivity contribution in [1.29, 1.82) is 0 Å². The predicted octanol–water partition coefficient (Wildman–Crippen LogP) is 2.11. The molecule has 3 heterocycles. The summed E-state index contributed by atoms with van der Waals surface area (Å²) in [5, 5.41) is 18.5. The molecule has 11 heteroatoms. The summed E-state index contributed by atoms with van der Waals surface area (Å²) in [6.07, 6.45) is -2.00. The number of fused-ring (bicyclic) bond motifs is 1. The molecule has 1 fully saturated rings. The van der Waals surface area contributed by atoms with E-state index in [-0.39, 0.29) is 30.6 Å². The number of urea groups is 1. The number of benzene rings is 1. The molecule has 1 aromatic carbocycles. The van der Waals surface area contributed by atoms with Gasteiger partial charge < -0.3 is 26.0 Å². The number of aromatic nitrogens is 2. The molecular weight excluding hydrogens is 437 g/mol. The quantitative estimate of drug-likeness (QED) is 0.541. The van der Waals surface area contributed by atoms with E-state index in [2.05, 4.69) is 25.9 Å². The second-order valence-corrected chi connectivity index (χ2v) is 8.51. The molecule has 2 amide bonds. The number of amides is 2. The normalized spacial score (nSPS) is 21.4. The SMILES string of the molecule is C[C@@H](CO)Nc1ncc2c(n1)CN(C(=O)NC1CNC[C@H]1c1ccc(C(F)(F)F)cc1)CC2. The van der Waals surface area contributed by atoms with Gasteiger partial charge in [-0.2, -0.15) is 13.2 Å². The molecule has 2 aliphatic rings. The summed E-state index contributed by atoms with van der Waals surface area (Å²) in [6, 6.07) is 4.47. The third kappa shape index (κ3) is 5.36. The van der Waals surface area contributed by atoms with Gasteiger partial charge in [0.05, 0.1) is 30.5 Å². The van der Waals surface area contributed by atoms with Crippen LogP contribution in [0.4, 0.5) is 23.9 Å². The number of nitrogens with one attached hydrogen (secondary N) is 3. The highest BCUT2D eigenvalue weighted by Gasteiger charge is 2.34. The Labute approximate surface area is 189 Å². The van der Waals surface area contributed by atoms with Gasteiger partial charge in [-0.25, -0.2) is 14.8 Å². The Morgan fingerprint density at radius 1 is 1.30 bits per heavy atom. The van der Waals surface area contributed by atoms with Gasteiger partial charge in [0.15, 0.2) is 0 Å². The molecule has 1 saturated heterocycles. The van der Waals surface area contributed by atoms with Crippen molar-refractivity contribution in [2.45, 2.75) is 44.1 Å². The van der Waals surface area contributed by atoms with Crippen molar-refractivity contribution in [3.8, 4) is 0 Å². The number of aliphatic hydroxyl groups excluding tert-OH is 1. The lowest BCUT2D eigenvalue weighted by molar-refractivity contribution is -0.137. The maximum atomic E-state index is 13.0. The Morgan fingerprint density at radius 2 is 2.06 bits per heavy atom. The zero-order valence-corrected chi connectivity index (χ0v) is 18.2. The van der Waals surface area contributed by atoms with Crippen molar-refractivity contribution >= 4 is 12.0 Å². The first-order chi connectivity index (χ1) is 15.7. The molecule has 8 nitrogen and oxygen atoms in total. The average molecular weight is 464 g/mol. The second kappa shape index (κ2) is 9.52. The Hall–Kier alpha value is -2.92. The molecular formula is C22H27F3N6O2. The Bertz CT molecular complexity index is 985. The van der Waals surface area contributed by atoms with E-state index < -0.39 is 11.7 Å². The average Bonchev–Trinajstić information content (AvgIpc) is 3.26. The van der Waals surface area contributed by atoms with Crippen molar-refractivity contribution in [3.63, 3.8) is 0 Å². The van der Waals surface area contributed by atoms with Crippen LogP contribution in [-0.2, 0) is 19.1 Å². The smallest absolute Gasteiger partial charge is 0.394 e. The summed E-state index contributed by atoms with van der Waals surface area (Å²) in [4.78, 5) is 23.4. The number of hydrogen-bond acceptors (Lipinski definition) is 6. The lowest BCUT2D eigenvalue weighted by atomic mass is 9.93. The van der Waals surface area contributed by atoms with Crippen molar-refractivity contribution in [3.05, 3.63) is 52.8 Å². The van der Waals surface area contributed by atoms with E-state index in [1.807, 2.05) is 6.92 Å². The van der Waals surface area contributed by atoms with Gasteiger partial charge in [-0.05, 0) is 36.6 Å². The van der Waals surface area contributed by atoms with Gasteiger partial charge in [0.1, 0.15) is 0 Å². The Morgan fingerprint density at radius 3 is 2.76 bits per heavy atom. The molecule has 0 spiro atoms. The van der Waals surface area contributed by atoms with E-state index in [0.717, 1.165) is 29.0 Å². The summed E-state index contributed by atoms with van der Waals surface area (Å²) >= 11 is 0. The first kappa shape index (κ1) is 23.2. The summed E-state index contributed by atoms with van der Waals surface area (Å²) < 4.78 is 38.6. The standard InChI is InChI=1S/C22H27F3N6O2/c1-13(12-32)28-20-27-8-15-6-7-31(11-19(15)29-20)21(33)30-18-10-26-9-17(18)14-2-4-16(5-3-14)22(23,24)25/h2-5,8,13,17-18,26,32H,6-7,9-12H2,1H3,(H,30,33)(H,27,28,29)/t13-,17-,18?/m0/s1. The fourth-order valence-corrected chi connectivity index (χ4v) is 4.16. The maximum absolute atomic E-state index is 13.0. The summed E-state index contributed by atoms with van der Waals surface area (Å²) in [6.45, 7) is 3.72. The second-order valence-electron chi connectivity index (χ2n) is 8.51. The minimum Gasteiger partial charge on any atom is -0.394 e. The first-order valence-corrected chi connectivity index (χ1v) is 10.9. The molecule has 0 radical (unpaired) electrons. The Balaban J connectivity index is 1.40. The van der Waals surface area contributed by atoms with Gasteiger partial charge in [-0.15, -0.1) is 0 Å². The Kier molecular flexibility index (Phi) is 6.71. The van der Waals surface area contributed by atoms with E-state index in [9.17, 15) is 23.1 Å². The zero-order valence-electron chi connectivity index (χ0n) is 18.2. The van der Waals surface area contributed by atoms with Crippen LogP contribution in [0.5, 0.6) is 0 Å². The van der Waals surface area contributed by atoms with Gasteiger partial charge >= 0.3 is 12.2 Å². The fraction of sp³-hybridized carbons (Fsp3) is 0.500. The zero-order chi connectivity index (χ0) is 23.6. The molecule has 0 saturated carbocycles. The molecule has 1 aromatic heterocycles. The highest BCUT2D eigenvalue weighted by atomic mass is 19.4. The summed E-state index contributed by atoms with van der Waals surface area (Å²) in [7, 11) is 0. The van der Waals surface area contributed by atoms with Crippen LogP contribution in [0.25, 0.3) is 0 Å². The molecule has 33 heavy (non-hydrogen) atoms. The number of hydrogen-bond donors (Lipinski definition) is 4. The molecule has 1 unspecified atom stereocenters. The van der Waals surface area contributed by atoms with Crippen molar-refractivity contribution in [2.75, 3.05) is 31.6 Å². The third-order valence-corrected chi connectivity index (χ3v) is 6.07. The number of nitrogens with zero attached hydrogens (tertiary/aromatic N) is 3. The highest BCUT2D eigenvalue weighted by Crippen LogP contribution is 2.31. The molecule has 4 rings (SSSR count). The van der Waals surface area contributed by atoms with Crippen LogP contribution in [-0.4, -0.2) is 64.3 Å². The summed E-state index contributed by atoms with van der Waals surface area (Å²) in [5.74, 6) is 0.284.